The first-order valence-electron chi connectivity index (χ1n) is 6.50. The van der Waals surface area contributed by atoms with Crippen LogP contribution in [0.4, 0.5) is 0 Å². The largest absolute Gasteiger partial charge is 0.493 e. The number of rotatable bonds is 2. The fraction of sp³-hybridized carbons (Fsp3) is 0.250. The molecule has 104 valence electrons. The normalized spacial score (nSPS) is 15.3. The molecule has 0 saturated heterocycles. The van der Waals surface area contributed by atoms with Crippen molar-refractivity contribution in [3.63, 3.8) is 0 Å². The summed E-state index contributed by atoms with van der Waals surface area (Å²) in [5, 5.41) is 0.821. The molecule has 0 radical (unpaired) electrons. The van der Waals surface area contributed by atoms with Crippen molar-refractivity contribution < 1.29 is 4.74 Å². The third-order valence-corrected chi connectivity index (χ3v) is 4.61. The first kappa shape index (κ1) is 14.1. The second-order valence-electron chi connectivity index (χ2n) is 4.82. The lowest BCUT2D eigenvalue weighted by atomic mass is 9.98. The fourth-order valence-corrected chi connectivity index (χ4v) is 3.56. The van der Waals surface area contributed by atoms with Crippen LogP contribution in [0.1, 0.15) is 28.5 Å². The highest BCUT2D eigenvalue weighted by Gasteiger charge is 2.19. The van der Waals surface area contributed by atoms with Crippen molar-refractivity contribution in [2.45, 2.75) is 18.2 Å². The van der Waals surface area contributed by atoms with Crippen LogP contribution in [0.15, 0.2) is 36.4 Å². The van der Waals surface area contributed by atoms with Crippen LogP contribution >= 0.6 is 34.8 Å². The van der Waals surface area contributed by atoms with Gasteiger partial charge >= 0.3 is 0 Å². The van der Waals surface area contributed by atoms with Gasteiger partial charge in [-0.1, -0.05) is 41.4 Å². The highest BCUT2D eigenvalue weighted by molar-refractivity contribution is 6.38. The number of aryl methyl sites for hydroxylation is 1. The topological polar surface area (TPSA) is 9.23 Å². The fourth-order valence-electron chi connectivity index (χ4n) is 2.46. The maximum Gasteiger partial charge on any atom is 0.122 e. The highest BCUT2D eigenvalue weighted by Crippen LogP contribution is 2.39. The lowest BCUT2D eigenvalue weighted by molar-refractivity contribution is 0.288. The minimum absolute atomic E-state index is 0.358. The predicted octanol–water partition coefficient (Wildman–Crippen LogP) is 5.65. The maximum absolute atomic E-state index is 6.57. The molecule has 1 aliphatic heterocycles. The maximum atomic E-state index is 6.57. The van der Waals surface area contributed by atoms with Crippen molar-refractivity contribution in [1.82, 2.24) is 0 Å². The monoisotopic (exact) mass is 326 g/mol. The first-order valence-corrected chi connectivity index (χ1v) is 7.69. The van der Waals surface area contributed by atoms with Gasteiger partial charge in [-0.2, -0.15) is 0 Å². The van der Waals surface area contributed by atoms with Gasteiger partial charge in [0, 0.05) is 15.6 Å². The van der Waals surface area contributed by atoms with Gasteiger partial charge in [0.15, 0.2) is 0 Å². The van der Waals surface area contributed by atoms with Crippen LogP contribution in [0.2, 0.25) is 10.0 Å². The summed E-state index contributed by atoms with van der Waals surface area (Å²) >= 11 is 19.0. The molecule has 3 rings (SSSR count). The lowest BCUT2D eigenvalue weighted by Crippen LogP contribution is -2.09. The Balaban J connectivity index is 2.00. The van der Waals surface area contributed by atoms with Gasteiger partial charge in [-0.25, -0.2) is 0 Å². The molecule has 0 spiro atoms. The Morgan fingerprint density at radius 3 is 2.55 bits per heavy atom. The average Bonchev–Trinajstić information content (AvgIpc) is 2.46. The van der Waals surface area contributed by atoms with E-state index in [0.29, 0.717) is 10.0 Å². The summed E-state index contributed by atoms with van der Waals surface area (Å²) in [4.78, 5) is 0. The molecule has 1 aliphatic rings. The molecule has 20 heavy (non-hydrogen) atoms. The summed E-state index contributed by atoms with van der Waals surface area (Å²) in [6.45, 7) is 0.785. The van der Waals surface area contributed by atoms with Gasteiger partial charge in [0.2, 0.25) is 0 Å². The molecule has 1 nitrogen and oxygen atoms in total. The molecule has 0 bridgehead atoms. The van der Waals surface area contributed by atoms with Crippen LogP contribution in [-0.2, 0) is 6.42 Å². The number of halogens is 3. The zero-order valence-corrected chi connectivity index (χ0v) is 13.0. The Morgan fingerprint density at radius 2 is 1.80 bits per heavy atom. The summed E-state index contributed by atoms with van der Waals surface area (Å²) in [5.74, 6) is 0.953. The Bertz CT molecular complexity index is 619. The van der Waals surface area contributed by atoms with E-state index in [4.69, 9.17) is 39.5 Å². The number of benzene rings is 2. The van der Waals surface area contributed by atoms with E-state index in [2.05, 4.69) is 6.07 Å². The van der Waals surface area contributed by atoms with Gasteiger partial charge in [0.1, 0.15) is 5.75 Å². The molecule has 1 heterocycles. The molecule has 2 aromatic carbocycles. The third-order valence-electron chi connectivity index (χ3n) is 3.48. The Hall–Kier alpha value is -0.890. The van der Waals surface area contributed by atoms with Crippen molar-refractivity contribution in [1.29, 1.82) is 0 Å². The molecule has 0 amide bonds. The SMILES string of the molecule is Clc1cccc(Cl)c1C(Cl)c1ccc2c(c1)CCCO2. The second kappa shape index (κ2) is 5.85. The number of hydrogen-bond acceptors (Lipinski definition) is 1. The molecule has 2 aromatic rings. The molecule has 0 aromatic heterocycles. The third kappa shape index (κ3) is 2.63. The minimum Gasteiger partial charge on any atom is -0.493 e. The van der Waals surface area contributed by atoms with Gasteiger partial charge in [-0.3, -0.25) is 0 Å². The van der Waals surface area contributed by atoms with Gasteiger partial charge in [-0.15, -0.1) is 11.6 Å². The van der Waals surface area contributed by atoms with Crippen LogP contribution in [0.5, 0.6) is 5.75 Å². The molecular weight excluding hydrogens is 315 g/mol. The van der Waals surface area contributed by atoms with Gasteiger partial charge in [0.25, 0.3) is 0 Å². The molecule has 1 unspecified atom stereocenters. The Kier molecular flexibility index (Phi) is 4.11. The molecule has 4 heteroatoms. The van der Waals surface area contributed by atoms with Gasteiger partial charge in [-0.05, 0) is 42.2 Å². The van der Waals surface area contributed by atoms with Gasteiger partial charge in [0.05, 0.1) is 12.0 Å². The highest BCUT2D eigenvalue weighted by atomic mass is 35.5. The van der Waals surface area contributed by atoms with Gasteiger partial charge < -0.3 is 4.74 Å². The number of alkyl halides is 1. The zero-order chi connectivity index (χ0) is 14.1. The molecule has 0 N–H and O–H groups in total. The second-order valence-corrected chi connectivity index (χ2v) is 6.07. The predicted molar refractivity (Wildman–Crippen MR) is 84.4 cm³/mol. The smallest absolute Gasteiger partial charge is 0.122 e. The number of fused-ring (bicyclic) bond motifs is 1. The Labute approximate surface area is 133 Å². The minimum atomic E-state index is -0.358. The summed E-state index contributed by atoms with van der Waals surface area (Å²) in [6.07, 6.45) is 2.05. The van der Waals surface area contributed by atoms with E-state index in [-0.39, 0.29) is 5.38 Å². The summed E-state index contributed by atoms with van der Waals surface area (Å²) < 4.78 is 5.62. The van der Waals surface area contributed by atoms with Crippen LogP contribution in [0.25, 0.3) is 0 Å². The van der Waals surface area contributed by atoms with Crippen LogP contribution < -0.4 is 4.74 Å². The lowest BCUT2D eigenvalue weighted by Gasteiger charge is -2.20. The van der Waals surface area contributed by atoms with E-state index in [1.807, 2.05) is 18.2 Å². The first-order chi connectivity index (χ1) is 9.66. The van der Waals surface area contributed by atoms with Crippen LogP contribution in [0, 0.1) is 0 Å². The van der Waals surface area contributed by atoms with E-state index in [1.165, 1.54) is 5.56 Å². The van der Waals surface area contributed by atoms with E-state index >= 15 is 0 Å². The van der Waals surface area contributed by atoms with E-state index in [0.717, 1.165) is 36.3 Å². The molecule has 0 aliphatic carbocycles. The van der Waals surface area contributed by atoms with Crippen molar-refractivity contribution in [2.24, 2.45) is 0 Å². The van der Waals surface area contributed by atoms with E-state index in [1.54, 1.807) is 12.1 Å². The van der Waals surface area contributed by atoms with E-state index < -0.39 is 0 Å². The van der Waals surface area contributed by atoms with Crippen molar-refractivity contribution in [3.8, 4) is 5.75 Å². The summed E-state index contributed by atoms with van der Waals surface area (Å²) in [7, 11) is 0. The van der Waals surface area contributed by atoms with Crippen molar-refractivity contribution >= 4 is 34.8 Å². The van der Waals surface area contributed by atoms with Crippen LogP contribution in [-0.4, -0.2) is 6.61 Å². The zero-order valence-electron chi connectivity index (χ0n) is 10.7. The summed E-state index contributed by atoms with van der Waals surface area (Å²) in [5.41, 5.74) is 2.95. The molecule has 1 atom stereocenters. The van der Waals surface area contributed by atoms with Crippen molar-refractivity contribution in [3.05, 3.63) is 63.1 Å². The Morgan fingerprint density at radius 1 is 1.05 bits per heavy atom. The standard InChI is InChI=1S/C16H13Cl3O/c17-12-4-1-5-13(18)15(12)16(19)11-6-7-14-10(9-11)3-2-8-20-14/h1,4-7,9,16H,2-3,8H2. The quantitative estimate of drug-likeness (QED) is 0.648. The van der Waals surface area contributed by atoms with Crippen molar-refractivity contribution in [2.75, 3.05) is 6.61 Å². The van der Waals surface area contributed by atoms with E-state index in [9.17, 15) is 0 Å². The number of ether oxygens (including phenoxy) is 1. The van der Waals surface area contributed by atoms with Crippen LogP contribution in [0.3, 0.4) is 0 Å². The average molecular weight is 328 g/mol. The molecular formula is C16H13Cl3O. The summed E-state index contributed by atoms with van der Waals surface area (Å²) in [6, 6.07) is 11.5. The number of hydrogen-bond donors (Lipinski definition) is 0. The molecule has 0 fully saturated rings. The molecule has 0 saturated carbocycles.